The molecule has 0 fully saturated rings. The molecule has 5 nitrogen and oxygen atoms in total. The van der Waals surface area contributed by atoms with Crippen LogP contribution in [0.4, 0.5) is 5.95 Å². The summed E-state index contributed by atoms with van der Waals surface area (Å²) in [6, 6.07) is 5.61. The van der Waals surface area contributed by atoms with Gasteiger partial charge in [-0.1, -0.05) is 37.8 Å². The van der Waals surface area contributed by atoms with Crippen molar-refractivity contribution >= 4 is 23.8 Å². The van der Waals surface area contributed by atoms with Crippen molar-refractivity contribution in [3.63, 3.8) is 0 Å². The molecule has 124 valence electrons. The van der Waals surface area contributed by atoms with Gasteiger partial charge in [-0.15, -0.1) is 0 Å². The average molecular weight is 335 g/mol. The summed E-state index contributed by atoms with van der Waals surface area (Å²) in [4.78, 5) is 4.09. The van der Waals surface area contributed by atoms with Crippen molar-refractivity contribution in [2.45, 2.75) is 39.5 Å². The van der Waals surface area contributed by atoms with Gasteiger partial charge in [-0.3, -0.25) is 0 Å². The first-order valence-electron chi connectivity index (χ1n) is 7.88. The van der Waals surface area contributed by atoms with E-state index in [9.17, 15) is 0 Å². The summed E-state index contributed by atoms with van der Waals surface area (Å²) in [5.74, 6) is 1.06. The van der Waals surface area contributed by atoms with Crippen molar-refractivity contribution in [1.82, 2.24) is 9.66 Å². The number of aromatic nitrogens is 2. The maximum absolute atomic E-state index is 6.26. The molecule has 2 N–H and O–H groups in total. The Morgan fingerprint density at radius 1 is 1.35 bits per heavy atom. The van der Waals surface area contributed by atoms with E-state index in [0.717, 1.165) is 17.7 Å². The molecular formula is C17H23ClN4O. The van der Waals surface area contributed by atoms with Crippen LogP contribution in [-0.2, 0) is 0 Å². The maximum Gasteiger partial charge on any atom is 0.221 e. The van der Waals surface area contributed by atoms with Crippen LogP contribution in [0.25, 0.3) is 0 Å². The molecule has 0 aliphatic rings. The van der Waals surface area contributed by atoms with Gasteiger partial charge < -0.3 is 10.5 Å². The van der Waals surface area contributed by atoms with Gasteiger partial charge in [0.15, 0.2) is 0 Å². The summed E-state index contributed by atoms with van der Waals surface area (Å²) in [6.45, 7) is 4.75. The summed E-state index contributed by atoms with van der Waals surface area (Å²) >= 11 is 6.26. The van der Waals surface area contributed by atoms with Gasteiger partial charge in [0.25, 0.3) is 0 Å². The molecule has 23 heavy (non-hydrogen) atoms. The molecule has 0 bridgehead atoms. The second kappa shape index (κ2) is 8.58. The van der Waals surface area contributed by atoms with Crippen LogP contribution >= 0.6 is 11.6 Å². The first-order valence-corrected chi connectivity index (χ1v) is 8.26. The van der Waals surface area contributed by atoms with E-state index in [0.29, 0.717) is 23.3 Å². The minimum atomic E-state index is 0.358. The molecule has 1 aromatic heterocycles. The largest absolute Gasteiger partial charge is 0.492 e. The fourth-order valence-electron chi connectivity index (χ4n) is 2.15. The fourth-order valence-corrected chi connectivity index (χ4v) is 2.39. The quantitative estimate of drug-likeness (QED) is 0.579. The highest BCUT2D eigenvalue weighted by Crippen LogP contribution is 2.25. The van der Waals surface area contributed by atoms with Gasteiger partial charge in [-0.05, 0) is 37.1 Å². The van der Waals surface area contributed by atoms with Gasteiger partial charge in [0, 0.05) is 0 Å². The van der Waals surface area contributed by atoms with Crippen LogP contribution in [0.3, 0.4) is 0 Å². The molecule has 0 unspecified atom stereocenters. The van der Waals surface area contributed by atoms with Gasteiger partial charge in [0.1, 0.15) is 5.75 Å². The Bertz CT molecular complexity index is 667. The van der Waals surface area contributed by atoms with E-state index in [-0.39, 0.29) is 0 Å². The Hall–Kier alpha value is -2.01. The highest BCUT2D eigenvalue weighted by molar-refractivity contribution is 6.32. The number of aryl methyl sites for hydroxylation is 1. The zero-order chi connectivity index (χ0) is 16.7. The second-order valence-corrected chi connectivity index (χ2v) is 5.84. The van der Waals surface area contributed by atoms with Gasteiger partial charge in [-0.2, -0.15) is 5.10 Å². The molecule has 1 heterocycles. The van der Waals surface area contributed by atoms with Crippen LogP contribution in [-0.4, -0.2) is 22.5 Å². The third-order valence-corrected chi connectivity index (χ3v) is 3.67. The van der Waals surface area contributed by atoms with Crippen molar-refractivity contribution in [3.8, 4) is 5.75 Å². The minimum Gasteiger partial charge on any atom is -0.492 e. The highest BCUT2D eigenvalue weighted by atomic mass is 35.5. The van der Waals surface area contributed by atoms with Crippen molar-refractivity contribution < 1.29 is 4.74 Å². The van der Waals surface area contributed by atoms with Crippen LogP contribution < -0.4 is 10.5 Å². The molecule has 0 radical (unpaired) electrons. The zero-order valence-corrected chi connectivity index (χ0v) is 14.4. The lowest BCUT2D eigenvalue weighted by atomic mass is 10.2. The van der Waals surface area contributed by atoms with E-state index in [2.05, 4.69) is 17.0 Å². The molecule has 6 heteroatoms. The Labute approximate surface area is 142 Å². The van der Waals surface area contributed by atoms with E-state index in [1.807, 2.05) is 25.1 Å². The van der Waals surface area contributed by atoms with Crippen molar-refractivity contribution in [1.29, 1.82) is 0 Å². The fraction of sp³-hybridized carbons (Fsp3) is 0.412. The molecule has 0 amide bonds. The third-order valence-electron chi connectivity index (χ3n) is 3.38. The van der Waals surface area contributed by atoms with Gasteiger partial charge in [0.2, 0.25) is 5.95 Å². The normalized spacial score (nSPS) is 11.3. The van der Waals surface area contributed by atoms with Crippen molar-refractivity contribution in [3.05, 3.63) is 40.7 Å². The Morgan fingerprint density at radius 3 is 2.83 bits per heavy atom. The number of nitrogens with zero attached hydrogens (tertiary/aromatic N) is 3. The third kappa shape index (κ3) is 5.28. The van der Waals surface area contributed by atoms with E-state index < -0.39 is 0 Å². The van der Waals surface area contributed by atoms with Crippen LogP contribution in [0.1, 0.15) is 43.9 Å². The standard InChI is InChI=1S/C17H23ClN4O/c1-3-4-5-6-9-23-16-8-7-14(10-15(16)18)11-20-22-12-13(2)21-17(22)19/h7-8,10-12H,3-6,9H2,1-2H3,(H2,19,21). The molecule has 2 aromatic rings. The molecule has 2 rings (SSSR count). The van der Waals surface area contributed by atoms with E-state index in [1.165, 1.54) is 23.9 Å². The number of halogens is 1. The number of hydrogen-bond donors (Lipinski definition) is 1. The molecule has 0 spiro atoms. The predicted octanol–water partition coefficient (Wildman–Crippen LogP) is 4.27. The number of imidazole rings is 1. The minimum absolute atomic E-state index is 0.358. The average Bonchev–Trinajstić information content (AvgIpc) is 2.84. The lowest BCUT2D eigenvalue weighted by Gasteiger charge is -2.08. The lowest BCUT2D eigenvalue weighted by Crippen LogP contribution is -1.99. The number of nitrogens with two attached hydrogens (primary N) is 1. The number of unbranched alkanes of at least 4 members (excludes halogenated alkanes) is 3. The van der Waals surface area contributed by atoms with Gasteiger partial charge in [0.05, 0.1) is 29.7 Å². The Balaban J connectivity index is 1.94. The number of hydrogen-bond acceptors (Lipinski definition) is 4. The summed E-state index contributed by atoms with van der Waals surface area (Å²) in [7, 11) is 0. The first-order chi connectivity index (χ1) is 11.1. The van der Waals surface area contributed by atoms with Crippen LogP contribution in [0, 0.1) is 6.92 Å². The van der Waals surface area contributed by atoms with Crippen LogP contribution in [0.15, 0.2) is 29.5 Å². The van der Waals surface area contributed by atoms with E-state index >= 15 is 0 Å². The van der Waals surface area contributed by atoms with E-state index in [1.54, 1.807) is 12.4 Å². The number of benzene rings is 1. The number of anilines is 1. The SMILES string of the molecule is CCCCCCOc1ccc(C=Nn2cc(C)nc2N)cc1Cl. The first kappa shape index (κ1) is 17.3. The maximum atomic E-state index is 6.26. The number of ether oxygens (including phenoxy) is 1. The topological polar surface area (TPSA) is 65.4 Å². The molecule has 0 atom stereocenters. The molecule has 0 saturated carbocycles. The second-order valence-electron chi connectivity index (χ2n) is 5.43. The highest BCUT2D eigenvalue weighted by Gasteiger charge is 2.03. The molecule has 0 saturated heterocycles. The molecule has 0 aliphatic heterocycles. The number of nitrogen functional groups attached to an aromatic ring is 1. The molecule has 0 aliphatic carbocycles. The lowest BCUT2D eigenvalue weighted by molar-refractivity contribution is 0.305. The monoisotopic (exact) mass is 334 g/mol. The smallest absolute Gasteiger partial charge is 0.221 e. The predicted molar refractivity (Wildman–Crippen MR) is 95.5 cm³/mol. The molecular weight excluding hydrogens is 312 g/mol. The summed E-state index contributed by atoms with van der Waals surface area (Å²) in [6.07, 6.45) is 8.14. The van der Waals surface area contributed by atoms with Crippen LogP contribution in [0.2, 0.25) is 5.02 Å². The Kier molecular flexibility index (Phi) is 6.47. The van der Waals surface area contributed by atoms with Crippen LogP contribution in [0.5, 0.6) is 5.75 Å². The van der Waals surface area contributed by atoms with Crippen molar-refractivity contribution in [2.75, 3.05) is 12.3 Å². The summed E-state index contributed by atoms with van der Waals surface area (Å²) in [5.41, 5.74) is 7.44. The number of rotatable bonds is 8. The zero-order valence-electron chi connectivity index (χ0n) is 13.6. The molecule has 1 aromatic carbocycles. The summed E-state index contributed by atoms with van der Waals surface area (Å²) < 4.78 is 7.24. The Morgan fingerprint density at radius 2 is 2.17 bits per heavy atom. The van der Waals surface area contributed by atoms with Gasteiger partial charge in [-0.25, -0.2) is 9.66 Å². The van der Waals surface area contributed by atoms with Gasteiger partial charge >= 0.3 is 0 Å². The van der Waals surface area contributed by atoms with E-state index in [4.69, 9.17) is 22.1 Å². The van der Waals surface area contributed by atoms with Crippen molar-refractivity contribution in [2.24, 2.45) is 5.10 Å². The summed E-state index contributed by atoms with van der Waals surface area (Å²) in [5, 5.41) is 4.85.